The van der Waals surface area contributed by atoms with Crippen molar-refractivity contribution < 1.29 is 9.21 Å². The Kier molecular flexibility index (Phi) is 4.79. The zero-order valence-corrected chi connectivity index (χ0v) is 15.7. The molecule has 1 N–H and O–H groups in total. The van der Waals surface area contributed by atoms with Crippen molar-refractivity contribution in [2.24, 2.45) is 0 Å². The van der Waals surface area contributed by atoms with Crippen molar-refractivity contribution in [1.29, 1.82) is 0 Å². The van der Waals surface area contributed by atoms with Gasteiger partial charge in [-0.25, -0.2) is 9.97 Å². The van der Waals surface area contributed by atoms with Crippen LogP contribution in [0.2, 0.25) is 0 Å². The van der Waals surface area contributed by atoms with Crippen LogP contribution in [0.3, 0.4) is 0 Å². The summed E-state index contributed by atoms with van der Waals surface area (Å²) in [6.45, 7) is 4.59. The minimum absolute atomic E-state index is 0.0697. The summed E-state index contributed by atoms with van der Waals surface area (Å²) in [6, 6.07) is 12.3. The fourth-order valence-corrected chi connectivity index (χ4v) is 3.26. The maximum atomic E-state index is 12.2. The maximum absolute atomic E-state index is 12.2. The van der Waals surface area contributed by atoms with Crippen LogP contribution in [0.5, 0.6) is 0 Å². The first-order valence-electron chi connectivity index (χ1n) is 9.48. The number of hydrogen-bond acceptors (Lipinski definition) is 5. The predicted octanol–water partition coefficient (Wildman–Crippen LogP) is 3.77. The van der Waals surface area contributed by atoms with Crippen LogP contribution in [0.4, 0.5) is 5.82 Å². The van der Waals surface area contributed by atoms with Gasteiger partial charge in [0.05, 0.1) is 11.8 Å². The summed E-state index contributed by atoms with van der Waals surface area (Å²) >= 11 is 0. The summed E-state index contributed by atoms with van der Waals surface area (Å²) in [7, 11) is 0. The third-order valence-corrected chi connectivity index (χ3v) is 4.61. The van der Waals surface area contributed by atoms with E-state index < -0.39 is 0 Å². The molecule has 2 heterocycles. The fraction of sp³-hybridized carbons (Fsp3) is 0.381. The normalized spacial score (nSPS) is 13.9. The lowest BCUT2D eigenvalue weighted by Crippen LogP contribution is -2.35. The Balaban J connectivity index is 1.70. The van der Waals surface area contributed by atoms with E-state index in [0.29, 0.717) is 30.6 Å². The minimum Gasteiger partial charge on any atom is -0.461 e. The number of para-hydroxylation sites is 1. The number of fused-ring (bicyclic) bond motifs is 1. The maximum Gasteiger partial charge on any atom is 0.221 e. The Morgan fingerprint density at radius 3 is 2.74 bits per heavy atom. The number of furan rings is 1. The van der Waals surface area contributed by atoms with E-state index in [4.69, 9.17) is 9.40 Å². The number of carbonyl (C=O) groups excluding carboxylic acids is 1. The summed E-state index contributed by atoms with van der Waals surface area (Å²) in [5.41, 5.74) is 0.881. The number of nitrogens with one attached hydrogen (secondary N) is 1. The molecule has 140 valence electrons. The number of aromatic nitrogens is 2. The number of benzene rings is 1. The van der Waals surface area contributed by atoms with Crippen molar-refractivity contribution in [3.8, 4) is 11.6 Å². The number of nitrogens with zero attached hydrogens (tertiary/aromatic N) is 3. The highest BCUT2D eigenvalue weighted by molar-refractivity contribution is 5.91. The van der Waals surface area contributed by atoms with Crippen molar-refractivity contribution in [3.05, 3.63) is 42.7 Å². The summed E-state index contributed by atoms with van der Waals surface area (Å²) in [5, 5.41) is 3.97. The second-order valence-electron chi connectivity index (χ2n) is 7.26. The van der Waals surface area contributed by atoms with Crippen LogP contribution < -0.4 is 10.2 Å². The molecule has 1 saturated carbocycles. The SMILES string of the molecule is CC(C)NC(=O)CCN(c1nc(-c2ccco2)nc2ccccc12)C1CC1. The molecule has 6 heteroatoms. The molecular formula is C21H24N4O2. The first kappa shape index (κ1) is 17.5. The monoisotopic (exact) mass is 364 g/mol. The van der Waals surface area contributed by atoms with Crippen LogP contribution in [0.1, 0.15) is 33.1 Å². The van der Waals surface area contributed by atoms with Crippen molar-refractivity contribution in [3.63, 3.8) is 0 Å². The Morgan fingerprint density at radius 2 is 2.04 bits per heavy atom. The van der Waals surface area contributed by atoms with Gasteiger partial charge in [0.2, 0.25) is 5.91 Å². The lowest BCUT2D eigenvalue weighted by Gasteiger charge is -2.25. The van der Waals surface area contributed by atoms with Crippen LogP contribution in [-0.2, 0) is 4.79 Å². The highest BCUT2D eigenvalue weighted by atomic mass is 16.3. The number of rotatable bonds is 7. The largest absolute Gasteiger partial charge is 0.461 e. The summed E-state index contributed by atoms with van der Waals surface area (Å²) < 4.78 is 5.51. The molecule has 0 bridgehead atoms. The highest BCUT2D eigenvalue weighted by Crippen LogP contribution is 2.35. The summed E-state index contributed by atoms with van der Waals surface area (Å²) in [5.74, 6) is 2.17. The zero-order valence-electron chi connectivity index (χ0n) is 15.7. The van der Waals surface area contributed by atoms with Crippen LogP contribution in [-0.4, -0.2) is 34.5 Å². The van der Waals surface area contributed by atoms with E-state index in [0.717, 1.165) is 29.6 Å². The summed E-state index contributed by atoms with van der Waals surface area (Å²) in [6.07, 6.45) is 4.33. The Bertz CT molecular complexity index is 933. The predicted molar refractivity (Wildman–Crippen MR) is 106 cm³/mol. The van der Waals surface area contributed by atoms with Gasteiger partial charge in [0.15, 0.2) is 11.6 Å². The van der Waals surface area contributed by atoms with E-state index in [1.807, 2.05) is 50.2 Å². The van der Waals surface area contributed by atoms with Gasteiger partial charge < -0.3 is 14.6 Å². The smallest absolute Gasteiger partial charge is 0.221 e. The first-order chi connectivity index (χ1) is 13.1. The molecule has 1 aliphatic rings. The molecular weight excluding hydrogens is 340 g/mol. The van der Waals surface area contributed by atoms with Crippen molar-refractivity contribution in [1.82, 2.24) is 15.3 Å². The van der Waals surface area contributed by atoms with E-state index in [2.05, 4.69) is 15.2 Å². The average molecular weight is 364 g/mol. The van der Waals surface area contributed by atoms with Gasteiger partial charge in [0.1, 0.15) is 5.82 Å². The van der Waals surface area contributed by atoms with Gasteiger partial charge in [0.25, 0.3) is 0 Å². The fourth-order valence-electron chi connectivity index (χ4n) is 3.26. The molecule has 4 rings (SSSR count). The molecule has 27 heavy (non-hydrogen) atoms. The molecule has 0 unspecified atom stereocenters. The number of amides is 1. The second-order valence-corrected chi connectivity index (χ2v) is 7.26. The third-order valence-electron chi connectivity index (χ3n) is 4.61. The zero-order chi connectivity index (χ0) is 18.8. The molecule has 0 atom stereocenters. The minimum atomic E-state index is 0.0697. The molecule has 0 spiro atoms. The molecule has 6 nitrogen and oxygen atoms in total. The lowest BCUT2D eigenvalue weighted by molar-refractivity contribution is -0.121. The van der Waals surface area contributed by atoms with E-state index >= 15 is 0 Å². The number of anilines is 1. The van der Waals surface area contributed by atoms with Gasteiger partial charge in [-0.05, 0) is 51.0 Å². The molecule has 0 radical (unpaired) electrons. The van der Waals surface area contributed by atoms with Gasteiger partial charge >= 0.3 is 0 Å². The number of hydrogen-bond donors (Lipinski definition) is 1. The molecule has 2 aromatic heterocycles. The highest BCUT2D eigenvalue weighted by Gasteiger charge is 2.32. The molecule has 0 saturated heterocycles. The molecule has 3 aromatic rings. The van der Waals surface area contributed by atoms with Crippen LogP contribution in [0.25, 0.3) is 22.5 Å². The molecule has 0 aliphatic heterocycles. The van der Waals surface area contributed by atoms with Gasteiger partial charge in [-0.2, -0.15) is 0 Å². The van der Waals surface area contributed by atoms with Crippen LogP contribution >= 0.6 is 0 Å². The first-order valence-corrected chi connectivity index (χ1v) is 9.48. The van der Waals surface area contributed by atoms with Gasteiger partial charge in [0, 0.05) is 30.4 Å². The van der Waals surface area contributed by atoms with Crippen LogP contribution in [0, 0.1) is 0 Å². The van der Waals surface area contributed by atoms with Gasteiger partial charge in [-0.1, -0.05) is 12.1 Å². The van der Waals surface area contributed by atoms with E-state index in [1.54, 1.807) is 6.26 Å². The topological polar surface area (TPSA) is 71.3 Å². The average Bonchev–Trinajstić information content (AvgIpc) is 3.33. The van der Waals surface area contributed by atoms with Crippen molar-refractivity contribution in [2.75, 3.05) is 11.4 Å². The molecule has 1 aliphatic carbocycles. The molecule has 1 amide bonds. The Morgan fingerprint density at radius 1 is 1.22 bits per heavy atom. The molecule has 1 fully saturated rings. The third kappa shape index (κ3) is 3.94. The van der Waals surface area contributed by atoms with Gasteiger partial charge in [-0.15, -0.1) is 0 Å². The van der Waals surface area contributed by atoms with Crippen LogP contribution in [0.15, 0.2) is 47.1 Å². The van der Waals surface area contributed by atoms with E-state index in [-0.39, 0.29) is 11.9 Å². The van der Waals surface area contributed by atoms with Crippen molar-refractivity contribution in [2.45, 2.75) is 45.2 Å². The second kappa shape index (κ2) is 7.39. The van der Waals surface area contributed by atoms with E-state index in [1.165, 1.54) is 0 Å². The summed E-state index contributed by atoms with van der Waals surface area (Å²) in [4.78, 5) is 23.9. The quantitative estimate of drug-likeness (QED) is 0.691. The Hall–Kier alpha value is -2.89. The van der Waals surface area contributed by atoms with Crippen molar-refractivity contribution >= 4 is 22.6 Å². The Labute approximate surface area is 158 Å². The standard InChI is InChI=1S/C21H24N4O2/c1-14(2)22-19(26)11-12-25(15-9-10-15)21-16-6-3-4-7-17(16)23-20(24-21)18-8-5-13-27-18/h3-8,13-15H,9-12H2,1-2H3,(H,22,26). The lowest BCUT2D eigenvalue weighted by atomic mass is 10.2. The van der Waals surface area contributed by atoms with E-state index in [9.17, 15) is 4.79 Å². The number of carbonyl (C=O) groups is 1. The van der Waals surface area contributed by atoms with Gasteiger partial charge in [-0.3, -0.25) is 4.79 Å². The molecule has 1 aromatic carbocycles.